The van der Waals surface area contributed by atoms with Gasteiger partial charge in [0.2, 0.25) is 11.9 Å². The van der Waals surface area contributed by atoms with Crippen molar-refractivity contribution in [3.8, 4) is 0 Å². The molecule has 2 aromatic rings. The summed E-state index contributed by atoms with van der Waals surface area (Å²) in [6.45, 7) is 9.02. The summed E-state index contributed by atoms with van der Waals surface area (Å²) in [6.07, 6.45) is 1.46. The van der Waals surface area contributed by atoms with Crippen molar-refractivity contribution in [3.05, 3.63) is 46.1 Å². The Balaban J connectivity index is 1.42. The molecular weight excluding hydrogens is 508 g/mol. The smallest absolute Gasteiger partial charge is 0.329 e. The lowest BCUT2D eigenvalue weighted by atomic mass is 10.2. The standard InChI is InChI=1S/C27H33ClN6O4/c1-17(2)34-15-21-23(25(34)36)29-27(32-13-11-31(12-14-32)18(3)35)30-24(21)33-10-4-5-22(33)26(37)38-16-19-6-8-20(28)9-7-19/h6-9,17,22H,4-5,10-16H2,1-3H3/t22-/m1/s1. The highest BCUT2D eigenvalue weighted by Gasteiger charge is 2.40. The van der Waals surface area contributed by atoms with Crippen LogP contribution in [0.5, 0.6) is 0 Å². The van der Waals surface area contributed by atoms with Crippen LogP contribution in [0.2, 0.25) is 5.02 Å². The molecule has 0 aliphatic carbocycles. The van der Waals surface area contributed by atoms with Gasteiger partial charge < -0.3 is 24.3 Å². The number of ether oxygens (including phenoxy) is 1. The van der Waals surface area contributed by atoms with E-state index in [0.717, 1.165) is 17.5 Å². The monoisotopic (exact) mass is 540 g/mol. The lowest BCUT2D eigenvalue weighted by molar-refractivity contribution is -0.146. The van der Waals surface area contributed by atoms with Gasteiger partial charge in [0.15, 0.2) is 0 Å². The highest BCUT2D eigenvalue weighted by Crippen LogP contribution is 2.36. The Labute approximate surface area is 227 Å². The molecule has 3 aliphatic heterocycles. The summed E-state index contributed by atoms with van der Waals surface area (Å²) in [4.78, 5) is 55.6. The lowest BCUT2D eigenvalue weighted by Crippen LogP contribution is -2.49. The fourth-order valence-corrected chi connectivity index (χ4v) is 5.40. The maximum atomic E-state index is 13.3. The topological polar surface area (TPSA) is 99.2 Å². The first-order valence-corrected chi connectivity index (χ1v) is 13.5. The first kappa shape index (κ1) is 26.2. The molecule has 0 N–H and O–H groups in total. The van der Waals surface area contributed by atoms with Gasteiger partial charge in [0.25, 0.3) is 5.91 Å². The van der Waals surface area contributed by atoms with Crippen LogP contribution in [-0.2, 0) is 27.5 Å². The molecule has 2 saturated heterocycles. The fourth-order valence-electron chi connectivity index (χ4n) is 5.28. The van der Waals surface area contributed by atoms with Gasteiger partial charge in [0.1, 0.15) is 24.2 Å². The van der Waals surface area contributed by atoms with Gasteiger partial charge in [-0.15, -0.1) is 0 Å². The van der Waals surface area contributed by atoms with Gasteiger partial charge in [-0.2, -0.15) is 4.98 Å². The summed E-state index contributed by atoms with van der Waals surface area (Å²) < 4.78 is 5.69. The van der Waals surface area contributed by atoms with E-state index in [0.29, 0.717) is 68.2 Å². The second-order valence-electron chi connectivity index (χ2n) is 10.3. The Morgan fingerprint density at radius 1 is 1.08 bits per heavy atom. The van der Waals surface area contributed by atoms with E-state index in [4.69, 9.17) is 26.3 Å². The maximum Gasteiger partial charge on any atom is 0.329 e. The van der Waals surface area contributed by atoms with Crippen LogP contribution in [-0.4, -0.2) is 82.4 Å². The number of rotatable bonds is 6. The van der Waals surface area contributed by atoms with E-state index in [2.05, 4.69) is 0 Å². The van der Waals surface area contributed by atoms with E-state index < -0.39 is 6.04 Å². The zero-order valence-corrected chi connectivity index (χ0v) is 22.8. The molecule has 0 radical (unpaired) electrons. The Hall–Kier alpha value is -3.40. The SMILES string of the molecule is CC(=O)N1CCN(c2nc3c(c(N4CCC[C@@H]4C(=O)OCc4ccc(Cl)cc4)n2)CN(C(C)C)C3=O)CC1. The minimum atomic E-state index is -0.494. The predicted octanol–water partition coefficient (Wildman–Crippen LogP) is 2.87. The third-order valence-corrected chi connectivity index (χ3v) is 7.74. The van der Waals surface area contributed by atoms with Crippen molar-refractivity contribution in [1.82, 2.24) is 19.8 Å². The number of fused-ring (bicyclic) bond motifs is 1. The minimum absolute atomic E-state index is 0.00540. The summed E-state index contributed by atoms with van der Waals surface area (Å²) in [5.41, 5.74) is 2.01. The van der Waals surface area contributed by atoms with E-state index in [1.54, 1.807) is 28.9 Å². The number of benzene rings is 1. The van der Waals surface area contributed by atoms with Gasteiger partial charge in [-0.1, -0.05) is 23.7 Å². The highest BCUT2D eigenvalue weighted by atomic mass is 35.5. The van der Waals surface area contributed by atoms with Crippen LogP contribution in [0, 0.1) is 0 Å². The Kier molecular flexibility index (Phi) is 7.43. The average Bonchev–Trinajstić information content (AvgIpc) is 3.53. The number of amides is 2. The number of nitrogens with zero attached hydrogens (tertiary/aromatic N) is 6. The molecule has 0 spiro atoms. The largest absolute Gasteiger partial charge is 0.459 e. The molecule has 11 heteroatoms. The Morgan fingerprint density at radius 2 is 1.79 bits per heavy atom. The molecule has 3 aliphatic rings. The third-order valence-electron chi connectivity index (χ3n) is 7.49. The molecule has 2 fully saturated rings. The van der Waals surface area contributed by atoms with Crippen molar-refractivity contribution in [2.24, 2.45) is 0 Å². The average molecular weight is 541 g/mol. The Morgan fingerprint density at radius 3 is 2.45 bits per heavy atom. The number of piperazine rings is 1. The molecule has 1 atom stereocenters. The molecule has 38 heavy (non-hydrogen) atoms. The van der Waals surface area contributed by atoms with Crippen LogP contribution < -0.4 is 9.80 Å². The van der Waals surface area contributed by atoms with Crippen LogP contribution in [0.1, 0.15) is 55.2 Å². The van der Waals surface area contributed by atoms with Crippen molar-refractivity contribution in [1.29, 1.82) is 0 Å². The molecule has 1 aromatic carbocycles. The number of carbonyl (C=O) groups excluding carboxylic acids is 3. The number of esters is 1. The van der Waals surface area contributed by atoms with Gasteiger partial charge in [-0.25, -0.2) is 9.78 Å². The van der Waals surface area contributed by atoms with Gasteiger partial charge in [-0.05, 0) is 44.4 Å². The number of carbonyl (C=O) groups is 3. The zero-order valence-electron chi connectivity index (χ0n) is 22.0. The van der Waals surface area contributed by atoms with E-state index in [-0.39, 0.29) is 30.4 Å². The summed E-state index contributed by atoms with van der Waals surface area (Å²) in [5.74, 6) is 0.692. The number of anilines is 2. The second-order valence-corrected chi connectivity index (χ2v) is 10.7. The quantitative estimate of drug-likeness (QED) is 0.516. The summed E-state index contributed by atoms with van der Waals surface area (Å²) >= 11 is 5.97. The van der Waals surface area contributed by atoms with Crippen LogP contribution >= 0.6 is 11.6 Å². The molecule has 4 heterocycles. The molecule has 0 bridgehead atoms. The van der Waals surface area contributed by atoms with Gasteiger partial charge in [0.05, 0.1) is 6.54 Å². The van der Waals surface area contributed by atoms with E-state index in [9.17, 15) is 14.4 Å². The molecule has 1 aromatic heterocycles. The summed E-state index contributed by atoms with van der Waals surface area (Å²) in [5, 5.41) is 0.628. The highest BCUT2D eigenvalue weighted by molar-refractivity contribution is 6.30. The minimum Gasteiger partial charge on any atom is -0.459 e. The molecule has 0 saturated carbocycles. The van der Waals surface area contributed by atoms with E-state index in [1.165, 1.54) is 0 Å². The molecule has 0 unspecified atom stereocenters. The normalized spacial score (nSPS) is 19.4. The van der Waals surface area contributed by atoms with Crippen LogP contribution in [0.25, 0.3) is 0 Å². The predicted molar refractivity (Wildman–Crippen MR) is 143 cm³/mol. The molecular formula is C27H33ClN6O4. The van der Waals surface area contributed by atoms with Gasteiger partial charge in [0, 0.05) is 56.3 Å². The third kappa shape index (κ3) is 5.14. The molecule has 202 valence electrons. The lowest BCUT2D eigenvalue weighted by Gasteiger charge is -2.35. The van der Waals surface area contributed by atoms with Gasteiger partial charge in [-0.3, -0.25) is 9.59 Å². The maximum absolute atomic E-state index is 13.3. The first-order valence-electron chi connectivity index (χ1n) is 13.1. The van der Waals surface area contributed by atoms with Crippen LogP contribution in [0.3, 0.4) is 0 Å². The second kappa shape index (κ2) is 10.8. The van der Waals surface area contributed by atoms with Gasteiger partial charge >= 0.3 is 5.97 Å². The number of hydrogen-bond donors (Lipinski definition) is 0. The van der Waals surface area contributed by atoms with Crippen molar-refractivity contribution in [3.63, 3.8) is 0 Å². The van der Waals surface area contributed by atoms with E-state index in [1.807, 2.05) is 35.8 Å². The number of halogens is 1. The van der Waals surface area contributed by atoms with E-state index >= 15 is 0 Å². The number of aromatic nitrogens is 2. The fraction of sp³-hybridized carbons (Fsp3) is 0.519. The zero-order chi connectivity index (χ0) is 27.0. The first-order chi connectivity index (χ1) is 18.2. The Bertz CT molecular complexity index is 1230. The molecule has 10 nitrogen and oxygen atoms in total. The summed E-state index contributed by atoms with van der Waals surface area (Å²) in [6, 6.07) is 6.73. The van der Waals surface area contributed by atoms with Crippen molar-refractivity contribution in [2.75, 3.05) is 42.5 Å². The van der Waals surface area contributed by atoms with Crippen LogP contribution in [0.4, 0.5) is 11.8 Å². The molecule has 5 rings (SSSR count). The summed E-state index contributed by atoms with van der Waals surface area (Å²) in [7, 11) is 0. The van der Waals surface area contributed by atoms with Crippen molar-refractivity contribution < 1.29 is 19.1 Å². The van der Waals surface area contributed by atoms with Crippen LogP contribution in [0.15, 0.2) is 24.3 Å². The van der Waals surface area contributed by atoms with Crippen molar-refractivity contribution in [2.45, 2.75) is 58.8 Å². The van der Waals surface area contributed by atoms with Crippen molar-refractivity contribution >= 4 is 41.2 Å². The molecule has 2 amide bonds. The number of hydrogen-bond acceptors (Lipinski definition) is 8.